The fraction of sp³-hybridized carbons (Fsp3) is 0.391. The van der Waals surface area contributed by atoms with Gasteiger partial charge in [0, 0.05) is 37.8 Å². The summed E-state index contributed by atoms with van der Waals surface area (Å²) in [5.41, 5.74) is 2.23. The summed E-state index contributed by atoms with van der Waals surface area (Å²) < 4.78 is 11.0. The molecule has 0 spiro atoms. The van der Waals surface area contributed by atoms with Crippen molar-refractivity contribution in [1.29, 1.82) is 0 Å². The van der Waals surface area contributed by atoms with Gasteiger partial charge in [-0.2, -0.15) is 0 Å². The molecule has 1 atom stereocenters. The highest BCUT2D eigenvalue weighted by Crippen LogP contribution is 2.29. The Morgan fingerprint density at radius 1 is 1.17 bits per heavy atom. The number of hydrogen-bond donors (Lipinski definition) is 1. The smallest absolute Gasteiger partial charge is 0.262 e. The third kappa shape index (κ3) is 4.80. The van der Waals surface area contributed by atoms with E-state index >= 15 is 0 Å². The minimum atomic E-state index is -0.189. The molecule has 2 aliphatic rings. The van der Waals surface area contributed by atoms with Crippen LogP contribution in [0.2, 0.25) is 0 Å². The van der Waals surface area contributed by atoms with Crippen molar-refractivity contribution >= 4 is 17.5 Å². The van der Waals surface area contributed by atoms with Crippen molar-refractivity contribution in [3.8, 4) is 5.75 Å². The number of hydrogen-bond acceptors (Lipinski definition) is 5. The van der Waals surface area contributed by atoms with Crippen molar-refractivity contribution in [2.24, 2.45) is 0 Å². The minimum Gasteiger partial charge on any atom is -0.482 e. The second kappa shape index (κ2) is 9.28. The van der Waals surface area contributed by atoms with E-state index in [4.69, 9.17) is 9.47 Å². The maximum atomic E-state index is 13.5. The number of carbonyl (C=O) groups excluding carboxylic acids is 2. The number of ether oxygens (including phenoxy) is 2. The highest BCUT2D eigenvalue weighted by atomic mass is 16.5. The summed E-state index contributed by atoms with van der Waals surface area (Å²) >= 11 is 0. The van der Waals surface area contributed by atoms with Gasteiger partial charge in [0.25, 0.3) is 11.8 Å². The molecule has 2 aromatic carbocycles. The number of carbonyl (C=O) groups is 2. The molecule has 2 aromatic rings. The monoisotopic (exact) mass is 409 g/mol. The molecule has 1 unspecified atom stereocenters. The van der Waals surface area contributed by atoms with E-state index in [2.05, 4.69) is 17.1 Å². The van der Waals surface area contributed by atoms with Gasteiger partial charge >= 0.3 is 0 Å². The molecule has 30 heavy (non-hydrogen) atoms. The summed E-state index contributed by atoms with van der Waals surface area (Å²) in [6.45, 7) is 6.59. The normalized spacial score (nSPS) is 17.4. The Morgan fingerprint density at radius 2 is 1.93 bits per heavy atom. The molecule has 158 valence electrons. The summed E-state index contributed by atoms with van der Waals surface area (Å²) in [6, 6.07) is 15.2. The fourth-order valence-corrected chi connectivity index (χ4v) is 3.84. The van der Waals surface area contributed by atoms with E-state index in [0.717, 1.165) is 38.4 Å². The van der Waals surface area contributed by atoms with Gasteiger partial charge in [0.1, 0.15) is 5.75 Å². The molecule has 1 N–H and O–H groups in total. The van der Waals surface area contributed by atoms with E-state index in [0.29, 0.717) is 23.5 Å². The first kappa shape index (κ1) is 20.4. The molecule has 2 amide bonds. The average Bonchev–Trinajstić information content (AvgIpc) is 2.78. The number of benzene rings is 2. The van der Waals surface area contributed by atoms with Gasteiger partial charge < -0.3 is 19.7 Å². The lowest BCUT2D eigenvalue weighted by Crippen LogP contribution is -2.48. The topological polar surface area (TPSA) is 71.1 Å². The largest absolute Gasteiger partial charge is 0.482 e. The van der Waals surface area contributed by atoms with Crippen LogP contribution < -0.4 is 10.1 Å². The van der Waals surface area contributed by atoms with Crippen LogP contribution >= 0.6 is 0 Å². The van der Waals surface area contributed by atoms with Crippen LogP contribution in [0, 0.1) is 0 Å². The third-order valence-corrected chi connectivity index (χ3v) is 5.48. The second-order valence-corrected chi connectivity index (χ2v) is 7.73. The average molecular weight is 409 g/mol. The zero-order chi connectivity index (χ0) is 20.9. The second-order valence-electron chi connectivity index (χ2n) is 7.73. The first-order valence-corrected chi connectivity index (χ1v) is 10.3. The number of anilines is 1. The molecule has 0 radical (unpaired) electrons. The van der Waals surface area contributed by atoms with Gasteiger partial charge in [0.15, 0.2) is 6.61 Å². The Labute approximate surface area is 176 Å². The lowest BCUT2D eigenvalue weighted by molar-refractivity contribution is -0.118. The van der Waals surface area contributed by atoms with Crippen molar-refractivity contribution in [2.45, 2.75) is 19.5 Å². The Bertz CT molecular complexity index is 897. The van der Waals surface area contributed by atoms with Gasteiger partial charge in [-0.15, -0.1) is 0 Å². The van der Waals surface area contributed by atoms with Gasteiger partial charge in [-0.1, -0.05) is 30.3 Å². The summed E-state index contributed by atoms with van der Waals surface area (Å²) in [5, 5.41) is 2.76. The van der Waals surface area contributed by atoms with E-state index < -0.39 is 0 Å². The zero-order valence-corrected chi connectivity index (χ0v) is 17.2. The van der Waals surface area contributed by atoms with Gasteiger partial charge in [-0.3, -0.25) is 14.5 Å². The number of fused-ring (bicyclic) bond motifs is 1. The molecule has 1 saturated heterocycles. The molecule has 1 fully saturated rings. The van der Waals surface area contributed by atoms with Gasteiger partial charge in [0.05, 0.1) is 18.9 Å². The molecule has 0 aromatic heterocycles. The lowest BCUT2D eigenvalue weighted by atomic mass is 10.1. The van der Waals surface area contributed by atoms with Crippen molar-refractivity contribution in [3.63, 3.8) is 0 Å². The summed E-state index contributed by atoms with van der Waals surface area (Å²) in [7, 11) is 0. The van der Waals surface area contributed by atoms with Crippen LogP contribution in [0.4, 0.5) is 5.69 Å². The summed E-state index contributed by atoms with van der Waals surface area (Å²) in [6.07, 6.45) is 0. The van der Waals surface area contributed by atoms with Gasteiger partial charge in [-0.05, 0) is 30.7 Å². The third-order valence-electron chi connectivity index (χ3n) is 5.48. The molecule has 2 heterocycles. The van der Waals surface area contributed by atoms with Crippen molar-refractivity contribution in [3.05, 3.63) is 59.7 Å². The first-order chi connectivity index (χ1) is 14.6. The first-order valence-electron chi connectivity index (χ1n) is 10.3. The van der Waals surface area contributed by atoms with Gasteiger partial charge in [0.2, 0.25) is 0 Å². The lowest BCUT2D eigenvalue weighted by Gasteiger charge is -2.35. The molecular formula is C23H27N3O4. The van der Waals surface area contributed by atoms with Crippen LogP contribution in [0.15, 0.2) is 48.5 Å². The molecule has 0 bridgehead atoms. The molecule has 7 nitrogen and oxygen atoms in total. The summed E-state index contributed by atoms with van der Waals surface area (Å²) in [5.74, 6) is 0.287. The predicted octanol–water partition coefficient (Wildman–Crippen LogP) is 2.38. The zero-order valence-electron chi connectivity index (χ0n) is 17.2. The molecule has 0 aliphatic carbocycles. The quantitative estimate of drug-likeness (QED) is 0.793. The van der Waals surface area contributed by atoms with Crippen LogP contribution in [-0.2, 0) is 16.1 Å². The molecule has 7 heteroatoms. The van der Waals surface area contributed by atoms with E-state index in [-0.39, 0.29) is 24.5 Å². The Balaban J connectivity index is 1.56. The van der Waals surface area contributed by atoms with Crippen LogP contribution in [0.1, 0.15) is 22.8 Å². The maximum absolute atomic E-state index is 13.5. The molecular weight excluding hydrogens is 382 g/mol. The number of nitrogens with one attached hydrogen (secondary N) is 1. The number of nitrogens with zero attached hydrogens (tertiary/aromatic N) is 2. The molecule has 0 saturated carbocycles. The Hall–Kier alpha value is -2.90. The Morgan fingerprint density at radius 3 is 2.70 bits per heavy atom. The fourth-order valence-electron chi connectivity index (χ4n) is 3.84. The predicted molar refractivity (Wildman–Crippen MR) is 114 cm³/mol. The number of rotatable bonds is 6. The maximum Gasteiger partial charge on any atom is 0.262 e. The van der Waals surface area contributed by atoms with Crippen LogP contribution in [0.25, 0.3) is 0 Å². The van der Waals surface area contributed by atoms with Crippen molar-refractivity contribution in [1.82, 2.24) is 9.80 Å². The minimum absolute atomic E-state index is 0.0208. The van der Waals surface area contributed by atoms with Crippen LogP contribution in [-0.4, -0.2) is 67.1 Å². The highest BCUT2D eigenvalue weighted by molar-refractivity contribution is 5.99. The van der Waals surface area contributed by atoms with Crippen molar-refractivity contribution in [2.75, 3.05) is 44.8 Å². The van der Waals surface area contributed by atoms with Gasteiger partial charge in [-0.25, -0.2) is 0 Å². The number of morpholine rings is 1. The van der Waals surface area contributed by atoms with Crippen LogP contribution in [0.3, 0.4) is 0 Å². The van der Waals surface area contributed by atoms with E-state index in [1.807, 2.05) is 35.2 Å². The van der Waals surface area contributed by atoms with E-state index in [1.54, 1.807) is 18.2 Å². The standard InChI is InChI=1S/C23H27N3O4/c1-17(14-25-9-11-29-12-10-25)26(15-18-5-3-2-4-6-18)23(28)19-7-8-20-21(13-19)30-16-22(27)24-20/h2-8,13,17H,9-12,14-16H2,1H3,(H,24,27). The molecule has 4 rings (SSSR count). The van der Waals surface area contributed by atoms with E-state index in [1.165, 1.54) is 0 Å². The van der Waals surface area contributed by atoms with E-state index in [9.17, 15) is 9.59 Å². The highest BCUT2D eigenvalue weighted by Gasteiger charge is 2.26. The SMILES string of the molecule is CC(CN1CCOCC1)N(Cc1ccccc1)C(=O)c1ccc2c(c1)OCC(=O)N2. The number of amides is 2. The molecule has 2 aliphatic heterocycles. The van der Waals surface area contributed by atoms with Crippen molar-refractivity contribution < 1.29 is 19.1 Å². The summed E-state index contributed by atoms with van der Waals surface area (Å²) in [4.78, 5) is 29.3. The van der Waals surface area contributed by atoms with Crippen LogP contribution in [0.5, 0.6) is 5.75 Å². The Kier molecular flexibility index (Phi) is 6.30.